The van der Waals surface area contributed by atoms with Crippen LogP contribution in [0.5, 0.6) is 0 Å². The highest BCUT2D eigenvalue weighted by Crippen LogP contribution is 2.39. The number of carboxylic acid groups (broad SMARTS) is 1. The summed E-state index contributed by atoms with van der Waals surface area (Å²) in [6.07, 6.45) is -2.20. The van der Waals surface area contributed by atoms with Crippen LogP contribution in [0, 0.1) is 0 Å². The van der Waals surface area contributed by atoms with Crippen LogP contribution in [-0.4, -0.2) is 42.2 Å². The van der Waals surface area contributed by atoms with Crippen LogP contribution in [0.25, 0.3) is 0 Å². The van der Waals surface area contributed by atoms with Crippen molar-refractivity contribution in [2.75, 3.05) is 7.11 Å². The van der Waals surface area contributed by atoms with Crippen molar-refractivity contribution >= 4 is 17.8 Å². The van der Waals surface area contributed by atoms with Crippen LogP contribution in [-0.2, 0) is 19.1 Å². The first-order valence-electron chi connectivity index (χ1n) is 6.01. The van der Waals surface area contributed by atoms with Gasteiger partial charge in [-0.25, -0.2) is 4.79 Å². The van der Waals surface area contributed by atoms with Gasteiger partial charge >= 0.3 is 12.1 Å². The summed E-state index contributed by atoms with van der Waals surface area (Å²) in [7, 11) is 1.34. The molecule has 2 aliphatic rings. The molecule has 0 spiro atoms. The van der Waals surface area contributed by atoms with Gasteiger partial charge in [0, 0.05) is 12.8 Å². The third kappa shape index (κ3) is 4.31. The number of esters is 1. The zero-order valence-electron chi connectivity index (χ0n) is 11.2. The largest absolute Gasteiger partial charge is 0.542 e. The maximum Gasteiger partial charge on any atom is 0.430 e. The number of amides is 1. The van der Waals surface area contributed by atoms with Gasteiger partial charge < -0.3 is 25.7 Å². The molecule has 21 heavy (non-hydrogen) atoms. The lowest BCUT2D eigenvalue weighted by molar-refractivity contribution is -0.420. The molecule has 2 rings (SSSR count). The number of carbonyl (C=O) groups is 3. The van der Waals surface area contributed by atoms with Gasteiger partial charge in [0.1, 0.15) is 11.5 Å². The number of carbonyl (C=O) groups excluding carboxylic acids is 3. The zero-order chi connectivity index (χ0) is 16.5. The molecule has 2 fully saturated rings. The predicted octanol–water partition coefficient (Wildman–Crippen LogP) is -2.12. The molecule has 2 saturated carbocycles. The van der Waals surface area contributed by atoms with Gasteiger partial charge in [-0.05, 0) is 12.8 Å². The van der Waals surface area contributed by atoms with Crippen molar-refractivity contribution in [2.45, 2.75) is 42.9 Å². The van der Waals surface area contributed by atoms with Gasteiger partial charge in [-0.2, -0.15) is 13.2 Å². The molecule has 10 heteroatoms. The molecular weight excluding hydrogens is 297 g/mol. The summed E-state index contributed by atoms with van der Waals surface area (Å²) in [5.74, 6) is -3.46. The van der Waals surface area contributed by atoms with E-state index in [1.807, 2.05) is 0 Å². The molecule has 1 amide bonds. The van der Waals surface area contributed by atoms with Crippen LogP contribution >= 0.6 is 0 Å². The van der Waals surface area contributed by atoms with Gasteiger partial charge in [0.2, 0.25) is 0 Å². The Morgan fingerprint density at radius 1 is 1.19 bits per heavy atom. The van der Waals surface area contributed by atoms with E-state index in [1.54, 1.807) is 0 Å². The summed E-state index contributed by atoms with van der Waals surface area (Å²) >= 11 is 0. The smallest absolute Gasteiger partial charge is 0.430 e. The van der Waals surface area contributed by atoms with Crippen LogP contribution in [0.3, 0.4) is 0 Å². The number of quaternary nitrogens is 1. The quantitative estimate of drug-likeness (QED) is 0.577. The summed E-state index contributed by atoms with van der Waals surface area (Å²) in [4.78, 5) is 31.7. The van der Waals surface area contributed by atoms with E-state index in [2.05, 4.69) is 15.8 Å². The van der Waals surface area contributed by atoms with Crippen molar-refractivity contribution in [3.05, 3.63) is 0 Å². The number of hydrogen-bond donors (Lipinski definition) is 2. The second-order valence-corrected chi connectivity index (χ2v) is 5.09. The first-order chi connectivity index (χ1) is 9.47. The molecule has 0 heterocycles. The van der Waals surface area contributed by atoms with E-state index >= 15 is 0 Å². The molecule has 0 unspecified atom stereocenters. The number of ether oxygens (including phenoxy) is 1. The molecule has 0 aliphatic heterocycles. The van der Waals surface area contributed by atoms with E-state index in [4.69, 9.17) is 9.90 Å². The van der Waals surface area contributed by atoms with Gasteiger partial charge in [-0.1, -0.05) is 0 Å². The minimum atomic E-state index is -5.19. The normalized spacial score (nSPS) is 20.4. The Morgan fingerprint density at radius 3 is 1.86 bits per heavy atom. The number of aliphatic carboxylic acids is 1. The van der Waals surface area contributed by atoms with E-state index in [9.17, 15) is 22.8 Å². The second-order valence-electron chi connectivity index (χ2n) is 5.09. The number of carboxylic acids is 1. The molecule has 0 aromatic carbocycles. The topological polar surface area (TPSA) is 123 Å². The molecule has 0 aromatic rings. The highest BCUT2D eigenvalue weighted by atomic mass is 19.4. The number of alkyl halides is 3. The van der Waals surface area contributed by atoms with Crippen molar-refractivity contribution < 1.29 is 43.1 Å². The summed E-state index contributed by atoms with van der Waals surface area (Å²) in [6.45, 7) is 0. The summed E-state index contributed by atoms with van der Waals surface area (Å²) in [5.41, 5.74) is 2.62. The lowest BCUT2D eigenvalue weighted by Gasteiger charge is -2.15. The van der Waals surface area contributed by atoms with Crippen LogP contribution < -0.4 is 16.2 Å². The van der Waals surface area contributed by atoms with Gasteiger partial charge in [0.15, 0.2) is 5.54 Å². The first-order valence-corrected chi connectivity index (χ1v) is 6.01. The third-order valence-electron chi connectivity index (χ3n) is 3.25. The number of rotatable bonds is 3. The van der Waals surface area contributed by atoms with E-state index < -0.39 is 23.2 Å². The number of halogens is 3. The van der Waals surface area contributed by atoms with Crippen molar-refractivity contribution in [1.29, 1.82) is 0 Å². The van der Waals surface area contributed by atoms with Crippen LogP contribution in [0.15, 0.2) is 0 Å². The van der Waals surface area contributed by atoms with Crippen molar-refractivity contribution in [1.82, 2.24) is 5.32 Å². The summed E-state index contributed by atoms with van der Waals surface area (Å²) in [6, 6.07) is 0. The van der Waals surface area contributed by atoms with E-state index in [1.165, 1.54) is 7.11 Å². The summed E-state index contributed by atoms with van der Waals surface area (Å²) in [5, 5.41) is 11.5. The maximum atomic E-state index is 11.6. The molecule has 0 radical (unpaired) electrons. The maximum absolute atomic E-state index is 11.6. The molecular formula is C11H15F3N2O5. The molecule has 2 aliphatic carbocycles. The molecule has 120 valence electrons. The van der Waals surface area contributed by atoms with Crippen LogP contribution in [0.4, 0.5) is 13.2 Å². The Labute approximate surface area is 117 Å². The third-order valence-corrected chi connectivity index (χ3v) is 3.25. The predicted molar refractivity (Wildman–Crippen MR) is 58.0 cm³/mol. The Kier molecular flexibility index (Phi) is 4.51. The van der Waals surface area contributed by atoms with Crippen molar-refractivity contribution in [3.8, 4) is 0 Å². The molecule has 0 bridgehead atoms. The van der Waals surface area contributed by atoms with Gasteiger partial charge in [0.05, 0.1) is 7.11 Å². The minimum absolute atomic E-state index is 0.111. The first kappa shape index (κ1) is 17.2. The highest BCUT2D eigenvalue weighted by molar-refractivity contribution is 5.95. The Balaban J connectivity index is 0.000000270. The van der Waals surface area contributed by atoms with Gasteiger partial charge in [-0.15, -0.1) is 0 Å². The lowest BCUT2D eigenvalue weighted by Crippen LogP contribution is -2.71. The van der Waals surface area contributed by atoms with Gasteiger partial charge in [-0.3, -0.25) is 4.79 Å². The molecule has 0 atom stereocenters. The fraction of sp³-hybridized carbons (Fsp3) is 0.727. The minimum Gasteiger partial charge on any atom is -0.542 e. The summed E-state index contributed by atoms with van der Waals surface area (Å²) < 4.78 is 36.2. The molecule has 0 saturated heterocycles. The van der Waals surface area contributed by atoms with Crippen molar-refractivity contribution in [3.63, 3.8) is 0 Å². The Hall–Kier alpha value is -1.84. The zero-order valence-corrected chi connectivity index (χ0v) is 11.2. The molecule has 0 aromatic heterocycles. The Morgan fingerprint density at radius 2 is 1.62 bits per heavy atom. The monoisotopic (exact) mass is 312 g/mol. The average Bonchev–Trinajstić information content (AvgIpc) is 3.27. The lowest BCUT2D eigenvalue weighted by atomic mass is 10.2. The van der Waals surface area contributed by atoms with E-state index in [0.717, 1.165) is 12.8 Å². The number of nitrogens with one attached hydrogen (secondary N) is 1. The van der Waals surface area contributed by atoms with E-state index in [0.29, 0.717) is 12.8 Å². The van der Waals surface area contributed by atoms with E-state index in [-0.39, 0.29) is 11.9 Å². The van der Waals surface area contributed by atoms with Crippen LogP contribution in [0.2, 0.25) is 0 Å². The molecule has 4 N–H and O–H groups in total. The van der Waals surface area contributed by atoms with Crippen LogP contribution in [0.1, 0.15) is 25.7 Å². The fourth-order valence-corrected chi connectivity index (χ4v) is 1.43. The number of methoxy groups -OCH3 is 1. The van der Waals surface area contributed by atoms with Crippen molar-refractivity contribution in [2.24, 2.45) is 0 Å². The second kappa shape index (κ2) is 5.51. The SMILES string of the molecule is COC(=O)C1(NC(=O)C2([NH3+])CC2)CC1.O=C([O-])C(F)(F)F. The standard InChI is InChI=1S/C9H14N2O3.C2HF3O2/c1-14-7(13)9(4-5-9)11-6(12)8(10)2-3-8;3-2(4,5)1(6)7/h2-5,10H2,1H3,(H,11,12);(H,6,7). The van der Waals surface area contributed by atoms with Gasteiger partial charge in [0.25, 0.3) is 5.91 Å². The Bertz CT molecular complexity index is 455. The number of hydrogen-bond acceptors (Lipinski definition) is 5. The fourth-order valence-electron chi connectivity index (χ4n) is 1.43. The average molecular weight is 312 g/mol. The highest BCUT2D eigenvalue weighted by Gasteiger charge is 2.58. The molecule has 7 nitrogen and oxygen atoms in total.